The summed E-state index contributed by atoms with van der Waals surface area (Å²) < 4.78 is 37.5. The van der Waals surface area contributed by atoms with Crippen molar-refractivity contribution in [1.82, 2.24) is 4.47 Å². The Balaban J connectivity index is 3.40. The Morgan fingerprint density at radius 1 is 1.44 bits per heavy atom. The lowest BCUT2D eigenvalue weighted by Gasteiger charge is -2.16. The average Bonchev–Trinajstić information content (AvgIpc) is 2.21. The first-order chi connectivity index (χ1) is 7.30. The van der Waals surface area contributed by atoms with Crippen LogP contribution in [0.4, 0.5) is 10.1 Å². The minimum absolute atomic E-state index is 0.0734. The van der Waals surface area contributed by atoms with E-state index in [1.807, 2.05) is 0 Å². The van der Waals surface area contributed by atoms with Gasteiger partial charge in [0.2, 0.25) is 0 Å². The van der Waals surface area contributed by atoms with E-state index in [1.54, 1.807) is 0 Å². The van der Waals surface area contributed by atoms with Crippen molar-refractivity contribution in [3.05, 3.63) is 23.5 Å². The van der Waals surface area contributed by atoms with Crippen LogP contribution in [0.25, 0.3) is 0 Å². The molecule has 0 amide bonds. The molecule has 0 saturated heterocycles. The maximum Gasteiger partial charge on any atom is 0.265 e. The summed E-state index contributed by atoms with van der Waals surface area (Å²) >= 11 is 0. The fourth-order valence-corrected chi connectivity index (χ4v) is 2.40. The van der Waals surface area contributed by atoms with Gasteiger partial charge >= 0.3 is 0 Å². The number of rotatable bonds is 3. The van der Waals surface area contributed by atoms with E-state index in [4.69, 9.17) is 5.73 Å². The Hall–Kier alpha value is -1.18. The highest BCUT2D eigenvalue weighted by Gasteiger charge is 2.24. The van der Waals surface area contributed by atoms with Crippen molar-refractivity contribution in [1.29, 1.82) is 0 Å². The molecule has 0 saturated carbocycles. The molecule has 0 aliphatic carbocycles. The van der Waals surface area contributed by atoms with Crippen LogP contribution < -0.4 is 5.73 Å². The van der Waals surface area contributed by atoms with Gasteiger partial charge in [-0.05, 0) is 24.6 Å². The van der Waals surface area contributed by atoms with Crippen molar-refractivity contribution in [2.45, 2.75) is 11.8 Å². The zero-order valence-corrected chi connectivity index (χ0v) is 10.0. The van der Waals surface area contributed by atoms with Crippen LogP contribution in [0.5, 0.6) is 0 Å². The predicted molar refractivity (Wildman–Crippen MR) is 57.5 cm³/mol. The van der Waals surface area contributed by atoms with E-state index in [1.165, 1.54) is 21.1 Å². The van der Waals surface area contributed by atoms with E-state index >= 15 is 0 Å². The molecule has 0 atom stereocenters. The summed E-state index contributed by atoms with van der Waals surface area (Å²) in [5.41, 5.74) is 5.39. The summed E-state index contributed by atoms with van der Waals surface area (Å²) in [6.07, 6.45) is 0. The second-order valence-corrected chi connectivity index (χ2v) is 5.14. The number of sulfonamides is 1. The maximum absolute atomic E-state index is 13.1. The van der Waals surface area contributed by atoms with Gasteiger partial charge in [-0.2, -0.15) is 0 Å². The lowest BCUT2D eigenvalue weighted by Crippen LogP contribution is -2.26. The molecule has 0 radical (unpaired) electrons. The number of aryl methyl sites for hydroxylation is 1. The molecule has 0 aromatic heterocycles. The fraction of sp³-hybridized carbons (Fsp3) is 0.333. The molecular weight excluding hydrogens is 235 g/mol. The van der Waals surface area contributed by atoms with E-state index in [-0.39, 0.29) is 16.1 Å². The van der Waals surface area contributed by atoms with Crippen molar-refractivity contribution in [2.24, 2.45) is 0 Å². The number of hydroxylamine groups is 1. The molecule has 0 bridgehead atoms. The number of nitrogen functional groups attached to an aromatic ring is 1. The van der Waals surface area contributed by atoms with E-state index in [9.17, 15) is 12.8 Å². The monoisotopic (exact) mass is 248 g/mol. The number of nitrogens with zero attached hydrogens (tertiary/aromatic N) is 1. The van der Waals surface area contributed by atoms with Crippen molar-refractivity contribution in [3.8, 4) is 0 Å². The van der Waals surface area contributed by atoms with Crippen LogP contribution in [0.15, 0.2) is 17.0 Å². The molecule has 0 spiro atoms. The third kappa shape index (κ3) is 2.16. The second kappa shape index (κ2) is 4.36. The van der Waals surface area contributed by atoms with Gasteiger partial charge in [0.15, 0.2) is 0 Å². The predicted octanol–water partition coefficient (Wildman–Crippen LogP) is 0.898. The molecule has 2 N–H and O–H groups in total. The molecular formula is C9H13FN2O3S. The van der Waals surface area contributed by atoms with Gasteiger partial charge in [0, 0.05) is 7.05 Å². The first-order valence-electron chi connectivity index (χ1n) is 4.39. The number of hydrogen-bond acceptors (Lipinski definition) is 4. The number of hydrogen-bond donors (Lipinski definition) is 1. The summed E-state index contributed by atoms with van der Waals surface area (Å²) in [5.74, 6) is -0.642. The van der Waals surface area contributed by atoms with Crippen LogP contribution >= 0.6 is 0 Å². The lowest BCUT2D eigenvalue weighted by atomic mass is 10.2. The molecule has 5 nitrogen and oxygen atoms in total. The normalized spacial score (nSPS) is 12.1. The lowest BCUT2D eigenvalue weighted by molar-refractivity contribution is -0.0258. The molecule has 16 heavy (non-hydrogen) atoms. The zero-order chi connectivity index (χ0) is 12.5. The molecule has 0 aliphatic rings. The number of nitrogens with two attached hydrogens (primary N) is 1. The van der Waals surface area contributed by atoms with Gasteiger partial charge in [-0.25, -0.2) is 12.8 Å². The van der Waals surface area contributed by atoms with Gasteiger partial charge in [0.05, 0.1) is 17.7 Å². The fourth-order valence-electron chi connectivity index (χ4n) is 1.18. The number of benzene rings is 1. The first-order valence-corrected chi connectivity index (χ1v) is 5.83. The summed E-state index contributed by atoms with van der Waals surface area (Å²) in [6, 6.07) is 2.15. The van der Waals surface area contributed by atoms with Crippen molar-refractivity contribution < 1.29 is 17.6 Å². The molecule has 1 rings (SSSR count). The number of anilines is 1. The Morgan fingerprint density at radius 2 is 2.00 bits per heavy atom. The van der Waals surface area contributed by atoms with E-state index in [0.29, 0.717) is 4.47 Å². The van der Waals surface area contributed by atoms with Crippen LogP contribution in [0, 0.1) is 12.7 Å². The van der Waals surface area contributed by atoms with Gasteiger partial charge in [0.1, 0.15) is 5.82 Å². The smallest absolute Gasteiger partial charge is 0.265 e. The highest BCUT2D eigenvalue weighted by Crippen LogP contribution is 2.23. The Labute approximate surface area is 93.6 Å². The molecule has 90 valence electrons. The first kappa shape index (κ1) is 12.9. The van der Waals surface area contributed by atoms with Crippen molar-refractivity contribution in [2.75, 3.05) is 19.9 Å². The zero-order valence-electron chi connectivity index (χ0n) is 9.19. The molecule has 0 heterocycles. The van der Waals surface area contributed by atoms with Gasteiger partial charge in [-0.1, -0.05) is 4.47 Å². The minimum Gasteiger partial charge on any atom is -0.396 e. The van der Waals surface area contributed by atoms with Crippen molar-refractivity contribution in [3.63, 3.8) is 0 Å². The van der Waals surface area contributed by atoms with Gasteiger partial charge in [-0.3, -0.25) is 4.84 Å². The van der Waals surface area contributed by atoms with Crippen LogP contribution in [0.2, 0.25) is 0 Å². The summed E-state index contributed by atoms with van der Waals surface area (Å²) in [5, 5.41) is 0. The van der Waals surface area contributed by atoms with Crippen LogP contribution in [0.3, 0.4) is 0 Å². The third-order valence-corrected chi connectivity index (χ3v) is 3.99. The van der Waals surface area contributed by atoms with E-state index in [2.05, 4.69) is 4.84 Å². The molecule has 0 unspecified atom stereocenters. The van der Waals surface area contributed by atoms with Crippen molar-refractivity contribution >= 4 is 15.7 Å². The molecule has 7 heteroatoms. The van der Waals surface area contributed by atoms with Crippen LogP contribution in [-0.2, 0) is 14.9 Å². The highest BCUT2D eigenvalue weighted by molar-refractivity contribution is 7.89. The molecule has 1 aromatic carbocycles. The Kier molecular flexibility index (Phi) is 3.51. The van der Waals surface area contributed by atoms with E-state index < -0.39 is 15.8 Å². The Morgan fingerprint density at radius 3 is 2.50 bits per heavy atom. The van der Waals surface area contributed by atoms with Gasteiger partial charge in [-0.15, -0.1) is 0 Å². The quantitative estimate of drug-likeness (QED) is 0.637. The molecule has 1 aromatic rings. The second-order valence-electron chi connectivity index (χ2n) is 3.24. The SMILES string of the molecule is CON(C)S(=O)(=O)c1cc(N)c(F)cc1C. The van der Waals surface area contributed by atoms with Crippen LogP contribution in [0.1, 0.15) is 5.56 Å². The minimum atomic E-state index is -3.79. The van der Waals surface area contributed by atoms with Gasteiger partial charge in [0.25, 0.3) is 10.0 Å². The summed E-state index contributed by atoms with van der Waals surface area (Å²) in [4.78, 5) is 4.53. The van der Waals surface area contributed by atoms with Gasteiger partial charge < -0.3 is 5.73 Å². The summed E-state index contributed by atoms with van der Waals surface area (Å²) in [6.45, 7) is 1.49. The largest absolute Gasteiger partial charge is 0.396 e. The number of halogens is 1. The average molecular weight is 248 g/mol. The summed E-state index contributed by atoms with van der Waals surface area (Å²) in [7, 11) is -1.33. The highest BCUT2D eigenvalue weighted by atomic mass is 32.2. The third-order valence-electron chi connectivity index (χ3n) is 2.17. The topological polar surface area (TPSA) is 72.6 Å². The van der Waals surface area contributed by atoms with E-state index in [0.717, 1.165) is 12.1 Å². The Bertz CT molecular complexity index is 502. The van der Waals surface area contributed by atoms with Crippen LogP contribution in [-0.4, -0.2) is 27.0 Å². The maximum atomic E-state index is 13.1. The molecule has 0 aliphatic heterocycles. The standard InChI is InChI=1S/C9H13FN2O3S/c1-6-4-7(10)8(11)5-9(6)16(13,14)12(2)15-3/h4-5H,11H2,1-3H3. The molecule has 0 fully saturated rings.